The van der Waals surface area contributed by atoms with E-state index in [1.165, 1.54) is 13.0 Å². The number of aliphatic carboxylic acids is 1. The van der Waals surface area contributed by atoms with Crippen molar-refractivity contribution >= 4 is 11.9 Å². The molecule has 0 aromatic heterocycles. The Balaban J connectivity index is 4.31. The minimum Gasteiger partial charge on any atom is -0.480 e. The molecule has 0 aliphatic carbocycles. The van der Waals surface area contributed by atoms with Gasteiger partial charge in [0.25, 0.3) is 0 Å². The molecule has 1 amide bonds. The van der Waals surface area contributed by atoms with Gasteiger partial charge in [-0.25, -0.2) is 0 Å². The molecular weight excluding hydrogens is 172 g/mol. The molecule has 1 atom stereocenters. The lowest BCUT2D eigenvalue weighted by atomic mass is 10.3. The first-order valence-corrected chi connectivity index (χ1v) is 3.86. The first kappa shape index (κ1) is 11.6. The van der Waals surface area contributed by atoms with Gasteiger partial charge in [-0.3, -0.25) is 9.59 Å². The molecule has 3 N–H and O–H groups in total. The summed E-state index contributed by atoms with van der Waals surface area (Å²) in [7, 11) is 0. The second-order valence-corrected chi connectivity index (χ2v) is 2.69. The molecule has 0 heterocycles. The van der Waals surface area contributed by atoms with Crippen LogP contribution in [-0.4, -0.2) is 41.0 Å². The number of amides is 1. The molecule has 0 aromatic carbocycles. The quantitative estimate of drug-likeness (QED) is 0.563. The van der Waals surface area contributed by atoms with Gasteiger partial charge < -0.3 is 15.7 Å². The summed E-state index contributed by atoms with van der Waals surface area (Å²) in [6.45, 7) is 4.80. The maximum atomic E-state index is 11.3. The predicted molar refractivity (Wildman–Crippen MR) is 48.1 cm³/mol. The van der Waals surface area contributed by atoms with Crippen LogP contribution in [0, 0.1) is 0 Å². The normalized spacial score (nSPS) is 11.8. The summed E-state index contributed by atoms with van der Waals surface area (Å²) in [4.78, 5) is 22.7. The van der Waals surface area contributed by atoms with Crippen molar-refractivity contribution in [2.24, 2.45) is 5.73 Å². The van der Waals surface area contributed by atoms with Crippen LogP contribution in [0.3, 0.4) is 0 Å². The average molecular weight is 186 g/mol. The summed E-state index contributed by atoms with van der Waals surface area (Å²) in [5, 5.41) is 8.47. The Hall–Kier alpha value is -1.36. The molecule has 13 heavy (non-hydrogen) atoms. The van der Waals surface area contributed by atoms with Crippen molar-refractivity contribution in [2.45, 2.75) is 13.0 Å². The lowest BCUT2D eigenvalue weighted by Gasteiger charge is -2.20. The topological polar surface area (TPSA) is 83.6 Å². The monoisotopic (exact) mass is 186 g/mol. The van der Waals surface area contributed by atoms with Crippen molar-refractivity contribution in [1.29, 1.82) is 0 Å². The number of nitrogens with zero attached hydrogens (tertiary/aromatic N) is 1. The third-order valence-electron chi connectivity index (χ3n) is 1.38. The van der Waals surface area contributed by atoms with Gasteiger partial charge in [0, 0.05) is 6.54 Å². The summed E-state index contributed by atoms with van der Waals surface area (Å²) in [6, 6.07) is -0.681. The fourth-order valence-corrected chi connectivity index (χ4v) is 0.840. The van der Waals surface area contributed by atoms with E-state index in [4.69, 9.17) is 10.8 Å². The Labute approximate surface area is 76.8 Å². The fourth-order valence-electron chi connectivity index (χ4n) is 0.840. The van der Waals surface area contributed by atoms with E-state index in [-0.39, 0.29) is 19.0 Å². The van der Waals surface area contributed by atoms with Crippen molar-refractivity contribution in [1.82, 2.24) is 4.90 Å². The standard InChI is InChI=1S/C8H14N2O3/c1-3-4-10(5-7(11)12)8(13)6(2)9/h3,6H,1,4-5,9H2,2H3,(H,11,12)/t6-/m0/s1. The Bertz CT molecular complexity index is 213. The Kier molecular flexibility index (Phi) is 4.76. The summed E-state index contributed by atoms with van der Waals surface area (Å²) in [5.41, 5.74) is 5.32. The van der Waals surface area contributed by atoms with Gasteiger partial charge in [0.2, 0.25) is 5.91 Å². The van der Waals surface area contributed by atoms with E-state index < -0.39 is 12.0 Å². The number of nitrogens with two attached hydrogens (primary N) is 1. The van der Waals surface area contributed by atoms with Gasteiger partial charge in [-0.2, -0.15) is 0 Å². The minimum atomic E-state index is -1.06. The van der Waals surface area contributed by atoms with E-state index in [2.05, 4.69) is 6.58 Å². The molecule has 5 heteroatoms. The van der Waals surface area contributed by atoms with E-state index in [0.717, 1.165) is 4.90 Å². The molecule has 0 spiro atoms. The van der Waals surface area contributed by atoms with Crippen LogP contribution in [0.1, 0.15) is 6.92 Å². The highest BCUT2D eigenvalue weighted by Gasteiger charge is 2.18. The number of rotatable bonds is 5. The molecule has 5 nitrogen and oxygen atoms in total. The largest absolute Gasteiger partial charge is 0.480 e. The molecule has 0 radical (unpaired) electrons. The number of carboxylic acids is 1. The van der Waals surface area contributed by atoms with Gasteiger partial charge in [-0.15, -0.1) is 6.58 Å². The van der Waals surface area contributed by atoms with E-state index in [1.54, 1.807) is 0 Å². The van der Waals surface area contributed by atoms with Crippen LogP contribution in [0.25, 0.3) is 0 Å². The van der Waals surface area contributed by atoms with Gasteiger partial charge in [0.1, 0.15) is 6.54 Å². The van der Waals surface area contributed by atoms with Gasteiger partial charge in [-0.05, 0) is 6.92 Å². The van der Waals surface area contributed by atoms with E-state index in [0.29, 0.717) is 0 Å². The molecule has 0 aromatic rings. The predicted octanol–water partition coefficient (Wildman–Crippen LogP) is -0.567. The summed E-state index contributed by atoms with van der Waals surface area (Å²) in [5.74, 6) is -1.45. The van der Waals surface area contributed by atoms with Gasteiger partial charge in [0.05, 0.1) is 6.04 Å². The first-order valence-electron chi connectivity index (χ1n) is 3.86. The molecule has 0 saturated heterocycles. The maximum Gasteiger partial charge on any atom is 0.323 e. The van der Waals surface area contributed by atoms with Gasteiger partial charge in [0.15, 0.2) is 0 Å². The maximum absolute atomic E-state index is 11.3. The highest BCUT2D eigenvalue weighted by Crippen LogP contribution is 1.93. The Morgan fingerprint density at radius 2 is 2.23 bits per heavy atom. The zero-order valence-corrected chi connectivity index (χ0v) is 7.56. The van der Waals surface area contributed by atoms with Crippen LogP contribution < -0.4 is 5.73 Å². The number of carbonyl (C=O) groups is 2. The number of carboxylic acid groups (broad SMARTS) is 1. The molecule has 0 fully saturated rings. The third-order valence-corrected chi connectivity index (χ3v) is 1.38. The van der Waals surface area contributed by atoms with E-state index in [1.807, 2.05) is 0 Å². The van der Waals surface area contributed by atoms with Crippen LogP contribution in [0.2, 0.25) is 0 Å². The van der Waals surface area contributed by atoms with Crippen LogP contribution in [-0.2, 0) is 9.59 Å². The minimum absolute atomic E-state index is 0.201. The molecule has 74 valence electrons. The number of carbonyl (C=O) groups excluding carboxylic acids is 1. The molecule has 0 bridgehead atoms. The molecule has 0 unspecified atom stereocenters. The van der Waals surface area contributed by atoms with E-state index in [9.17, 15) is 9.59 Å². The van der Waals surface area contributed by atoms with Crippen LogP contribution in [0.15, 0.2) is 12.7 Å². The lowest BCUT2D eigenvalue weighted by Crippen LogP contribution is -2.44. The van der Waals surface area contributed by atoms with Crippen molar-refractivity contribution in [2.75, 3.05) is 13.1 Å². The Morgan fingerprint density at radius 1 is 1.69 bits per heavy atom. The fraction of sp³-hybridized carbons (Fsp3) is 0.500. The average Bonchev–Trinajstić information content (AvgIpc) is 2.01. The van der Waals surface area contributed by atoms with Crippen LogP contribution >= 0.6 is 0 Å². The van der Waals surface area contributed by atoms with Crippen LogP contribution in [0.5, 0.6) is 0 Å². The highest BCUT2D eigenvalue weighted by atomic mass is 16.4. The summed E-state index contributed by atoms with van der Waals surface area (Å²) < 4.78 is 0. The number of hydrogen-bond acceptors (Lipinski definition) is 3. The summed E-state index contributed by atoms with van der Waals surface area (Å²) in [6.07, 6.45) is 1.46. The molecule has 0 aliphatic heterocycles. The van der Waals surface area contributed by atoms with Crippen molar-refractivity contribution in [3.8, 4) is 0 Å². The molecule has 0 saturated carbocycles. The number of hydrogen-bond donors (Lipinski definition) is 2. The Morgan fingerprint density at radius 3 is 2.54 bits per heavy atom. The smallest absolute Gasteiger partial charge is 0.323 e. The first-order chi connectivity index (χ1) is 5.99. The van der Waals surface area contributed by atoms with Gasteiger partial charge in [-0.1, -0.05) is 6.08 Å². The molecule has 0 rings (SSSR count). The van der Waals surface area contributed by atoms with Gasteiger partial charge >= 0.3 is 5.97 Å². The zero-order chi connectivity index (χ0) is 10.4. The second-order valence-electron chi connectivity index (χ2n) is 2.69. The summed E-state index contributed by atoms with van der Waals surface area (Å²) >= 11 is 0. The second kappa shape index (κ2) is 5.31. The van der Waals surface area contributed by atoms with E-state index >= 15 is 0 Å². The SMILES string of the molecule is C=CCN(CC(=O)O)C(=O)[C@H](C)N. The molecular formula is C8H14N2O3. The van der Waals surface area contributed by atoms with Crippen molar-refractivity contribution in [3.63, 3.8) is 0 Å². The van der Waals surface area contributed by atoms with Crippen molar-refractivity contribution in [3.05, 3.63) is 12.7 Å². The zero-order valence-electron chi connectivity index (χ0n) is 7.56. The lowest BCUT2D eigenvalue weighted by molar-refractivity contribution is -0.144. The molecule has 0 aliphatic rings. The van der Waals surface area contributed by atoms with Crippen LogP contribution in [0.4, 0.5) is 0 Å². The van der Waals surface area contributed by atoms with Crippen molar-refractivity contribution < 1.29 is 14.7 Å². The third kappa shape index (κ3) is 4.27. The highest BCUT2D eigenvalue weighted by molar-refractivity contribution is 5.84.